The molecule has 0 radical (unpaired) electrons. The largest absolute Gasteiger partial charge is 0.296 e. The molecule has 0 aromatic carbocycles. The summed E-state index contributed by atoms with van der Waals surface area (Å²) in [5.41, 5.74) is 7.45. The van der Waals surface area contributed by atoms with Crippen LogP contribution in [0.1, 0.15) is 23.4 Å². The maximum atomic E-state index is 4.50. The first-order valence-electron chi connectivity index (χ1n) is 6.69. The van der Waals surface area contributed by atoms with Gasteiger partial charge in [0.2, 0.25) is 5.95 Å². The first-order chi connectivity index (χ1) is 9.72. The highest BCUT2D eigenvalue weighted by atomic mass is 15.6. The zero-order valence-corrected chi connectivity index (χ0v) is 11.7. The van der Waals surface area contributed by atoms with E-state index in [0.29, 0.717) is 0 Å². The van der Waals surface area contributed by atoms with E-state index in [-0.39, 0.29) is 0 Å². The minimum atomic E-state index is 0.719. The summed E-state index contributed by atoms with van der Waals surface area (Å²) in [5.74, 6) is 0.719. The Balaban J connectivity index is 1.86. The van der Waals surface area contributed by atoms with Gasteiger partial charge in [-0.15, -0.1) is 0 Å². The van der Waals surface area contributed by atoms with E-state index in [4.69, 9.17) is 0 Å². The Labute approximate surface area is 118 Å². The minimum absolute atomic E-state index is 0.719. The molecule has 0 fully saturated rings. The number of pyridine rings is 1. The lowest BCUT2D eigenvalue weighted by Crippen LogP contribution is -2.41. The van der Waals surface area contributed by atoms with Crippen molar-refractivity contribution in [2.45, 2.75) is 20.3 Å². The summed E-state index contributed by atoms with van der Waals surface area (Å²) in [6.45, 7) is 4.83. The first kappa shape index (κ1) is 12.6. The minimum Gasteiger partial charge on any atom is -0.296 e. The molecule has 102 valence electrons. The van der Waals surface area contributed by atoms with Gasteiger partial charge < -0.3 is 0 Å². The van der Waals surface area contributed by atoms with Crippen molar-refractivity contribution in [3.05, 3.63) is 53.6 Å². The number of anilines is 1. The van der Waals surface area contributed by atoms with Crippen molar-refractivity contribution in [1.82, 2.24) is 20.4 Å². The normalized spacial score (nSPS) is 14.7. The van der Waals surface area contributed by atoms with Crippen LogP contribution < -0.4 is 10.4 Å². The lowest BCUT2D eigenvalue weighted by atomic mass is 10.1. The van der Waals surface area contributed by atoms with E-state index < -0.39 is 0 Å². The van der Waals surface area contributed by atoms with Gasteiger partial charge in [-0.1, -0.05) is 6.08 Å². The van der Waals surface area contributed by atoms with Crippen molar-refractivity contribution < 1.29 is 0 Å². The second kappa shape index (κ2) is 5.28. The molecule has 5 heteroatoms. The van der Waals surface area contributed by atoms with Gasteiger partial charge in [0, 0.05) is 35.9 Å². The predicted octanol–water partition coefficient (Wildman–Crippen LogP) is 2.24. The van der Waals surface area contributed by atoms with Crippen molar-refractivity contribution in [2.75, 3.05) is 11.6 Å². The van der Waals surface area contributed by atoms with Gasteiger partial charge in [-0.25, -0.2) is 9.97 Å². The van der Waals surface area contributed by atoms with Crippen LogP contribution in [0.25, 0.3) is 5.70 Å². The molecule has 2 aromatic heterocycles. The van der Waals surface area contributed by atoms with Crippen molar-refractivity contribution in [2.24, 2.45) is 0 Å². The lowest BCUT2D eigenvalue weighted by molar-refractivity contribution is 0.688. The summed E-state index contributed by atoms with van der Waals surface area (Å²) in [6, 6.07) is 5.95. The predicted molar refractivity (Wildman–Crippen MR) is 78.8 cm³/mol. The molecule has 3 rings (SSSR count). The highest BCUT2D eigenvalue weighted by molar-refractivity contribution is 5.65. The Hall–Kier alpha value is -2.43. The fourth-order valence-electron chi connectivity index (χ4n) is 2.27. The van der Waals surface area contributed by atoms with Gasteiger partial charge in [0.05, 0.1) is 5.70 Å². The first-order valence-corrected chi connectivity index (χ1v) is 6.69. The standard InChI is InChI=1S/C15H17N5/c1-11-9-12(2)18-15(17-11)20-8-4-6-14(19-20)13-5-3-7-16-10-13/h3,5-7,9-10,19H,4,8H2,1-2H3. The monoisotopic (exact) mass is 267 g/mol. The van der Waals surface area contributed by atoms with E-state index in [9.17, 15) is 0 Å². The molecule has 1 aliphatic heterocycles. The third-order valence-electron chi connectivity index (χ3n) is 3.14. The zero-order chi connectivity index (χ0) is 13.9. The molecule has 0 amide bonds. The molecule has 0 unspecified atom stereocenters. The molecule has 0 saturated heterocycles. The Morgan fingerprint density at radius 1 is 1.20 bits per heavy atom. The van der Waals surface area contributed by atoms with E-state index >= 15 is 0 Å². The van der Waals surface area contributed by atoms with Crippen molar-refractivity contribution in [3.8, 4) is 0 Å². The van der Waals surface area contributed by atoms with Gasteiger partial charge in [0.15, 0.2) is 0 Å². The van der Waals surface area contributed by atoms with E-state index in [1.807, 2.05) is 43.3 Å². The summed E-state index contributed by atoms with van der Waals surface area (Å²) >= 11 is 0. The van der Waals surface area contributed by atoms with E-state index in [1.54, 1.807) is 6.20 Å². The van der Waals surface area contributed by atoms with E-state index in [1.165, 1.54) is 0 Å². The molecule has 20 heavy (non-hydrogen) atoms. The molecule has 0 atom stereocenters. The highest BCUT2D eigenvalue weighted by Gasteiger charge is 2.16. The summed E-state index contributed by atoms with van der Waals surface area (Å²) < 4.78 is 0. The third-order valence-corrected chi connectivity index (χ3v) is 3.14. The Kier molecular flexibility index (Phi) is 3.33. The molecule has 5 nitrogen and oxygen atoms in total. The summed E-state index contributed by atoms with van der Waals surface area (Å²) in [4.78, 5) is 13.1. The molecule has 0 bridgehead atoms. The SMILES string of the molecule is Cc1cc(C)nc(N2CCC=C(c3cccnc3)N2)n1. The molecule has 3 heterocycles. The quantitative estimate of drug-likeness (QED) is 0.904. The number of hydrogen-bond acceptors (Lipinski definition) is 5. The molecular formula is C15H17N5. The summed E-state index contributed by atoms with van der Waals surface area (Å²) in [7, 11) is 0. The Bertz CT molecular complexity index is 616. The number of nitrogens with zero attached hydrogens (tertiary/aromatic N) is 4. The third kappa shape index (κ3) is 2.61. The van der Waals surface area contributed by atoms with Crippen LogP contribution in [0.15, 0.2) is 36.7 Å². The van der Waals surface area contributed by atoms with Gasteiger partial charge in [-0.2, -0.15) is 0 Å². The van der Waals surface area contributed by atoms with Crippen LogP contribution in [0.5, 0.6) is 0 Å². The number of hydrogen-bond donors (Lipinski definition) is 1. The number of rotatable bonds is 2. The van der Waals surface area contributed by atoms with Crippen LogP contribution in [0.4, 0.5) is 5.95 Å². The van der Waals surface area contributed by atoms with Crippen LogP contribution in [-0.2, 0) is 0 Å². The zero-order valence-electron chi connectivity index (χ0n) is 11.7. The summed E-state index contributed by atoms with van der Waals surface area (Å²) in [6.07, 6.45) is 6.76. The van der Waals surface area contributed by atoms with E-state index in [0.717, 1.165) is 41.6 Å². The molecule has 0 aliphatic carbocycles. The Morgan fingerprint density at radius 2 is 2.00 bits per heavy atom. The molecule has 1 N–H and O–H groups in total. The fourth-order valence-corrected chi connectivity index (χ4v) is 2.27. The van der Waals surface area contributed by atoms with Crippen molar-refractivity contribution >= 4 is 11.6 Å². The molecule has 0 saturated carbocycles. The van der Waals surface area contributed by atoms with Gasteiger partial charge in [-0.05, 0) is 38.5 Å². The molecule has 2 aromatic rings. The van der Waals surface area contributed by atoms with Crippen LogP contribution in [0.3, 0.4) is 0 Å². The molecular weight excluding hydrogens is 250 g/mol. The average Bonchev–Trinajstić information content (AvgIpc) is 2.47. The average molecular weight is 267 g/mol. The molecule has 1 aliphatic rings. The van der Waals surface area contributed by atoms with Gasteiger partial charge in [-0.3, -0.25) is 15.4 Å². The number of aryl methyl sites for hydroxylation is 2. The van der Waals surface area contributed by atoms with Crippen LogP contribution in [0, 0.1) is 13.8 Å². The topological polar surface area (TPSA) is 53.9 Å². The second-order valence-electron chi connectivity index (χ2n) is 4.86. The number of nitrogens with one attached hydrogen (secondary N) is 1. The van der Waals surface area contributed by atoms with Crippen molar-refractivity contribution in [1.29, 1.82) is 0 Å². The maximum absolute atomic E-state index is 4.50. The number of hydrazine groups is 1. The lowest BCUT2D eigenvalue weighted by Gasteiger charge is -2.29. The van der Waals surface area contributed by atoms with Gasteiger partial charge >= 0.3 is 0 Å². The van der Waals surface area contributed by atoms with Crippen LogP contribution in [-0.4, -0.2) is 21.5 Å². The highest BCUT2D eigenvalue weighted by Crippen LogP contribution is 2.18. The van der Waals surface area contributed by atoms with Crippen LogP contribution >= 0.6 is 0 Å². The van der Waals surface area contributed by atoms with E-state index in [2.05, 4.69) is 26.5 Å². The summed E-state index contributed by atoms with van der Waals surface area (Å²) in [5, 5.41) is 1.99. The molecule has 0 spiro atoms. The fraction of sp³-hybridized carbons (Fsp3) is 0.267. The van der Waals surface area contributed by atoms with Gasteiger partial charge in [0.1, 0.15) is 0 Å². The van der Waals surface area contributed by atoms with Crippen LogP contribution in [0.2, 0.25) is 0 Å². The smallest absolute Gasteiger partial charge is 0.244 e. The Morgan fingerprint density at radius 3 is 2.70 bits per heavy atom. The number of aromatic nitrogens is 3. The second-order valence-corrected chi connectivity index (χ2v) is 4.86. The van der Waals surface area contributed by atoms with Crippen molar-refractivity contribution in [3.63, 3.8) is 0 Å². The van der Waals surface area contributed by atoms with Gasteiger partial charge in [0.25, 0.3) is 0 Å². The maximum Gasteiger partial charge on any atom is 0.244 e.